The minimum absolute atomic E-state index is 0.150. The monoisotopic (exact) mass is 289 g/mol. The first-order valence-corrected chi connectivity index (χ1v) is 5.94. The maximum Gasteiger partial charge on any atom is 0.251 e. The number of rotatable bonds is 4. The van der Waals surface area contributed by atoms with Gasteiger partial charge in [-0.15, -0.1) is 0 Å². The molecule has 98 valence electrons. The van der Waals surface area contributed by atoms with E-state index in [9.17, 15) is 9.59 Å². The number of carbonyl (C=O) groups is 2. The Kier molecular flexibility index (Phi) is 5.25. The standard InChI is InChI=1S/C11H13Cl2N3O2/c1-6(17)15-2-3-16-11(18)7-4-8(12)10(14)9(13)5-7/h4-5H,2-3,14H2,1H3,(H,15,17)(H,16,18). The first-order chi connectivity index (χ1) is 8.41. The quantitative estimate of drug-likeness (QED) is 0.579. The third-order valence-corrected chi connectivity index (χ3v) is 2.75. The summed E-state index contributed by atoms with van der Waals surface area (Å²) in [6.07, 6.45) is 0. The molecule has 1 aromatic carbocycles. The van der Waals surface area contributed by atoms with Gasteiger partial charge in [-0.1, -0.05) is 23.2 Å². The number of nitrogens with one attached hydrogen (secondary N) is 2. The lowest BCUT2D eigenvalue weighted by Gasteiger charge is -2.08. The SMILES string of the molecule is CC(=O)NCCNC(=O)c1cc(Cl)c(N)c(Cl)c1. The number of halogens is 2. The Balaban J connectivity index is 2.59. The third kappa shape index (κ3) is 4.09. The van der Waals surface area contributed by atoms with E-state index in [0.717, 1.165) is 0 Å². The molecule has 4 N–H and O–H groups in total. The predicted octanol–water partition coefficient (Wildman–Crippen LogP) is 1.44. The molecule has 0 saturated heterocycles. The second-order valence-corrected chi connectivity index (χ2v) is 4.41. The smallest absolute Gasteiger partial charge is 0.251 e. The van der Waals surface area contributed by atoms with Crippen LogP contribution >= 0.6 is 23.2 Å². The molecule has 0 aromatic heterocycles. The molecule has 1 aromatic rings. The van der Waals surface area contributed by atoms with Gasteiger partial charge >= 0.3 is 0 Å². The summed E-state index contributed by atoms with van der Waals surface area (Å²) in [5.74, 6) is -0.480. The summed E-state index contributed by atoms with van der Waals surface area (Å²) in [5.41, 5.74) is 6.13. The minimum atomic E-state index is -0.329. The normalized spacial score (nSPS) is 9.94. The van der Waals surface area contributed by atoms with Crippen molar-refractivity contribution in [2.75, 3.05) is 18.8 Å². The topological polar surface area (TPSA) is 84.2 Å². The molecule has 1 rings (SSSR count). The Bertz CT molecular complexity index is 454. The van der Waals surface area contributed by atoms with Crippen LogP contribution in [0.1, 0.15) is 17.3 Å². The van der Waals surface area contributed by atoms with Gasteiger partial charge in [-0.25, -0.2) is 0 Å². The molecule has 0 aliphatic heterocycles. The first kappa shape index (κ1) is 14.6. The third-order valence-electron chi connectivity index (χ3n) is 2.13. The number of nitrogen functional groups attached to an aromatic ring is 1. The Morgan fingerprint density at radius 2 is 1.67 bits per heavy atom. The van der Waals surface area contributed by atoms with Crippen molar-refractivity contribution in [1.29, 1.82) is 0 Å². The van der Waals surface area contributed by atoms with Crippen LogP contribution in [0.4, 0.5) is 5.69 Å². The van der Waals surface area contributed by atoms with Gasteiger partial charge in [0.1, 0.15) is 0 Å². The fourth-order valence-corrected chi connectivity index (χ4v) is 1.72. The Morgan fingerprint density at radius 1 is 1.17 bits per heavy atom. The summed E-state index contributed by atoms with van der Waals surface area (Å²) in [6, 6.07) is 2.88. The predicted molar refractivity (Wildman–Crippen MR) is 71.9 cm³/mol. The molecule has 0 spiro atoms. The van der Waals surface area contributed by atoms with Crippen molar-refractivity contribution in [1.82, 2.24) is 10.6 Å². The van der Waals surface area contributed by atoms with Gasteiger partial charge in [0.25, 0.3) is 5.91 Å². The van der Waals surface area contributed by atoms with Gasteiger partial charge in [0.15, 0.2) is 0 Å². The van der Waals surface area contributed by atoms with E-state index in [1.165, 1.54) is 19.1 Å². The van der Waals surface area contributed by atoms with E-state index in [-0.39, 0.29) is 27.5 Å². The van der Waals surface area contributed by atoms with Gasteiger partial charge in [-0.3, -0.25) is 9.59 Å². The molecular weight excluding hydrogens is 277 g/mol. The van der Waals surface area contributed by atoms with E-state index in [4.69, 9.17) is 28.9 Å². The van der Waals surface area contributed by atoms with Crippen molar-refractivity contribution < 1.29 is 9.59 Å². The molecular formula is C11H13Cl2N3O2. The average molecular weight is 290 g/mol. The van der Waals surface area contributed by atoms with Gasteiger partial charge < -0.3 is 16.4 Å². The van der Waals surface area contributed by atoms with Crippen LogP contribution in [0.15, 0.2) is 12.1 Å². The number of carbonyl (C=O) groups excluding carboxylic acids is 2. The van der Waals surface area contributed by atoms with Crippen LogP contribution in [-0.2, 0) is 4.79 Å². The average Bonchev–Trinajstić information content (AvgIpc) is 2.30. The van der Waals surface area contributed by atoms with Crippen LogP contribution in [0.2, 0.25) is 10.0 Å². The van der Waals surface area contributed by atoms with E-state index < -0.39 is 0 Å². The number of hydrogen-bond acceptors (Lipinski definition) is 3. The van der Waals surface area contributed by atoms with Gasteiger partial charge in [0.2, 0.25) is 5.91 Å². The van der Waals surface area contributed by atoms with Crippen molar-refractivity contribution in [3.63, 3.8) is 0 Å². The molecule has 0 aliphatic rings. The molecule has 7 heteroatoms. The molecule has 5 nitrogen and oxygen atoms in total. The number of amides is 2. The Morgan fingerprint density at radius 3 is 2.17 bits per heavy atom. The molecule has 18 heavy (non-hydrogen) atoms. The summed E-state index contributed by atoms with van der Waals surface area (Å²) >= 11 is 11.6. The molecule has 0 fully saturated rings. The van der Waals surface area contributed by atoms with Crippen LogP contribution in [0.25, 0.3) is 0 Å². The van der Waals surface area contributed by atoms with E-state index in [2.05, 4.69) is 10.6 Å². The van der Waals surface area contributed by atoms with E-state index in [1.54, 1.807) is 0 Å². The van der Waals surface area contributed by atoms with Crippen molar-refractivity contribution in [3.05, 3.63) is 27.7 Å². The fraction of sp³-hybridized carbons (Fsp3) is 0.273. The van der Waals surface area contributed by atoms with Gasteiger partial charge in [-0.05, 0) is 12.1 Å². The molecule has 0 radical (unpaired) electrons. The van der Waals surface area contributed by atoms with Crippen molar-refractivity contribution in [3.8, 4) is 0 Å². The Hall–Kier alpha value is -1.46. The van der Waals surface area contributed by atoms with Crippen LogP contribution < -0.4 is 16.4 Å². The lowest BCUT2D eigenvalue weighted by molar-refractivity contribution is -0.118. The van der Waals surface area contributed by atoms with Gasteiger partial charge in [0.05, 0.1) is 15.7 Å². The molecule has 2 amide bonds. The molecule has 0 atom stereocenters. The van der Waals surface area contributed by atoms with E-state index in [1.807, 2.05) is 0 Å². The van der Waals surface area contributed by atoms with Crippen LogP contribution in [-0.4, -0.2) is 24.9 Å². The first-order valence-electron chi connectivity index (χ1n) is 5.19. The lowest BCUT2D eigenvalue weighted by Crippen LogP contribution is -2.33. The van der Waals surface area contributed by atoms with E-state index in [0.29, 0.717) is 18.7 Å². The number of anilines is 1. The van der Waals surface area contributed by atoms with Crippen LogP contribution in [0.5, 0.6) is 0 Å². The number of benzene rings is 1. The molecule has 0 bridgehead atoms. The summed E-state index contributed by atoms with van der Waals surface area (Å²) in [7, 11) is 0. The zero-order valence-corrected chi connectivity index (χ0v) is 11.2. The highest BCUT2D eigenvalue weighted by atomic mass is 35.5. The maximum absolute atomic E-state index is 11.7. The number of hydrogen-bond donors (Lipinski definition) is 3. The highest BCUT2D eigenvalue weighted by molar-refractivity contribution is 6.39. The summed E-state index contributed by atoms with van der Waals surface area (Å²) in [4.78, 5) is 22.3. The van der Waals surface area contributed by atoms with Crippen molar-refractivity contribution in [2.24, 2.45) is 0 Å². The highest BCUT2D eigenvalue weighted by Gasteiger charge is 2.10. The largest absolute Gasteiger partial charge is 0.396 e. The maximum atomic E-state index is 11.7. The zero-order chi connectivity index (χ0) is 13.7. The molecule has 0 unspecified atom stereocenters. The lowest BCUT2D eigenvalue weighted by atomic mass is 10.2. The molecule has 0 aliphatic carbocycles. The van der Waals surface area contributed by atoms with E-state index >= 15 is 0 Å². The van der Waals surface area contributed by atoms with Crippen LogP contribution in [0, 0.1) is 0 Å². The van der Waals surface area contributed by atoms with Crippen LogP contribution in [0.3, 0.4) is 0 Å². The Labute approximate surface area is 115 Å². The highest BCUT2D eigenvalue weighted by Crippen LogP contribution is 2.28. The fourth-order valence-electron chi connectivity index (χ4n) is 1.23. The van der Waals surface area contributed by atoms with Crippen molar-refractivity contribution >= 4 is 40.7 Å². The summed E-state index contributed by atoms with van der Waals surface area (Å²) < 4.78 is 0. The minimum Gasteiger partial charge on any atom is -0.396 e. The number of nitrogens with two attached hydrogens (primary N) is 1. The van der Waals surface area contributed by atoms with Gasteiger partial charge in [-0.2, -0.15) is 0 Å². The van der Waals surface area contributed by atoms with Crippen molar-refractivity contribution in [2.45, 2.75) is 6.92 Å². The summed E-state index contributed by atoms with van der Waals surface area (Å²) in [5, 5.41) is 5.64. The van der Waals surface area contributed by atoms with Gasteiger partial charge in [0, 0.05) is 25.6 Å². The summed E-state index contributed by atoms with van der Waals surface area (Å²) in [6.45, 7) is 2.08. The zero-order valence-electron chi connectivity index (χ0n) is 9.72. The molecule has 0 saturated carbocycles. The molecule has 0 heterocycles. The second-order valence-electron chi connectivity index (χ2n) is 3.59. The second kappa shape index (κ2) is 6.47.